The van der Waals surface area contributed by atoms with Crippen molar-refractivity contribution in [2.75, 3.05) is 26.9 Å². The molecule has 3 heteroatoms. The van der Waals surface area contributed by atoms with Gasteiger partial charge in [-0.15, -0.1) is 0 Å². The summed E-state index contributed by atoms with van der Waals surface area (Å²) < 4.78 is 5.18. The molecule has 0 unspecified atom stereocenters. The molecule has 0 heterocycles. The highest BCUT2D eigenvalue weighted by Crippen LogP contribution is 2.28. The highest BCUT2D eigenvalue weighted by atomic mass is 16.5. The Labute approximate surface area is 115 Å². The molecule has 1 aromatic rings. The van der Waals surface area contributed by atoms with Crippen LogP contribution in [0.5, 0.6) is 0 Å². The molecule has 19 heavy (non-hydrogen) atoms. The Morgan fingerprint density at radius 1 is 1.37 bits per heavy atom. The van der Waals surface area contributed by atoms with Gasteiger partial charge in [0, 0.05) is 31.8 Å². The van der Waals surface area contributed by atoms with Crippen LogP contribution in [-0.4, -0.2) is 42.9 Å². The van der Waals surface area contributed by atoms with Crippen molar-refractivity contribution < 1.29 is 9.84 Å². The van der Waals surface area contributed by atoms with Crippen LogP contribution in [0.25, 0.3) is 0 Å². The summed E-state index contributed by atoms with van der Waals surface area (Å²) >= 11 is 0. The lowest BCUT2D eigenvalue weighted by atomic mass is 10.1. The molecule has 0 aliphatic heterocycles. The molecule has 1 saturated carbocycles. The van der Waals surface area contributed by atoms with Crippen LogP contribution in [0, 0.1) is 11.8 Å². The largest absolute Gasteiger partial charge is 0.384 e. The minimum atomic E-state index is -0.0929. The van der Waals surface area contributed by atoms with Crippen molar-refractivity contribution >= 4 is 0 Å². The number of ether oxygens (including phenoxy) is 1. The predicted octanol–water partition coefficient (Wildman–Crippen LogP) is 1.64. The van der Waals surface area contributed by atoms with Crippen LogP contribution in [0.2, 0.25) is 0 Å². The van der Waals surface area contributed by atoms with Crippen LogP contribution < -0.4 is 0 Å². The maximum atomic E-state index is 8.81. The third-order valence-corrected chi connectivity index (χ3v) is 3.34. The molecule has 2 rings (SSSR count). The Morgan fingerprint density at radius 3 is 2.84 bits per heavy atom. The molecule has 1 fully saturated rings. The first-order valence-electron chi connectivity index (χ1n) is 6.75. The zero-order valence-electron chi connectivity index (χ0n) is 11.4. The lowest BCUT2D eigenvalue weighted by molar-refractivity contribution is 0.139. The van der Waals surface area contributed by atoms with Crippen molar-refractivity contribution in [2.45, 2.75) is 25.4 Å². The van der Waals surface area contributed by atoms with E-state index in [4.69, 9.17) is 9.84 Å². The predicted molar refractivity (Wildman–Crippen MR) is 75.7 cm³/mol. The minimum Gasteiger partial charge on any atom is -0.384 e. The van der Waals surface area contributed by atoms with E-state index in [2.05, 4.69) is 22.8 Å². The monoisotopic (exact) mass is 259 g/mol. The zero-order valence-corrected chi connectivity index (χ0v) is 11.4. The Kier molecular flexibility index (Phi) is 5.41. The first-order chi connectivity index (χ1) is 9.35. The van der Waals surface area contributed by atoms with Gasteiger partial charge in [0.1, 0.15) is 6.61 Å². The van der Waals surface area contributed by atoms with E-state index in [-0.39, 0.29) is 6.61 Å². The summed E-state index contributed by atoms with van der Waals surface area (Å²) in [6.07, 6.45) is 2.57. The van der Waals surface area contributed by atoms with Crippen molar-refractivity contribution in [3.05, 3.63) is 35.4 Å². The number of benzene rings is 1. The van der Waals surface area contributed by atoms with E-state index in [1.807, 2.05) is 18.2 Å². The van der Waals surface area contributed by atoms with Gasteiger partial charge in [0.25, 0.3) is 0 Å². The van der Waals surface area contributed by atoms with E-state index < -0.39 is 0 Å². The van der Waals surface area contributed by atoms with Crippen molar-refractivity contribution in [1.29, 1.82) is 0 Å². The van der Waals surface area contributed by atoms with Gasteiger partial charge in [-0.3, -0.25) is 4.90 Å². The fourth-order valence-electron chi connectivity index (χ4n) is 2.17. The van der Waals surface area contributed by atoms with Crippen LogP contribution in [0.1, 0.15) is 24.0 Å². The second-order valence-electron chi connectivity index (χ2n) is 4.81. The summed E-state index contributed by atoms with van der Waals surface area (Å²) in [6.45, 7) is 2.54. The van der Waals surface area contributed by atoms with Crippen LogP contribution in [0.4, 0.5) is 0 Å². The van der Waals surface area contributed by atoms with E-state index in [1.54, 1.807) is 7.11 Å². The van der Waals surface area contributed by atoms with Gasteiger partial charge in [0.15, 0.2) is 0 Å². The molecule has 1 N–H and O–H groups in total. The molecular formula is C16H21NO2. The summed E-state index contributed by atoms with van der Waals surface area (Å²) in [6, 6.07) is 8.86. The fraction of sp³-hybridized carbons (Fsp3) is 0.500. The lowest BCUT2D eigenvalue weighted by Crippen LogP contribution is -2.29. The zero-order chi connectivity index (χ0) is 13.5. The van der Waals surface area contributed by atoms with Crippen molar-refractivity contribution in [3.8, 4) is 11.8 Å². The summed E-state index contributed by atoms with van der Waals surface area (Å²) in [5, 5.41) is 8.81. The van der Waals surface area contributed by atoms with Crippen LogP contribution in [0.3, 0.4) is 0 Å². The van der Waals surface area contributed by atoms with Gasteiger partial charge >= 0.3 is 0 Å². The van der Waals surface area contributed by atoms with Gasteiger partial charge in [-0.2, -0.15) is 0 Å². The number of aliphatic hydroxyl groups is 1. The van der Waals surface area contributed by atoms with E-state index in [0.29, 0.717) is 6.04 Å². The Balaban J connectivity index is 2.07. The van der Waals surface area contributed by atoms with Gasteiger partial charge in [-0.1, -0.05) is 30.0 Å². The molecule has 0 amide bonds. The van der Waals surface area contributed by atoms with E-state index in [1.165, 1.54) is 18.4 Å². The second kappa shape index (κ2) is 7.30. The molecule has 1 aliphatic rings. The summed E-state index contributed by atoms with van der Waals surface area (Å²) in [5.74, 6) is 5.75. The van der Waals surface area contributed by atoms with Gasteiger partial charge in [-0.25, -0.2) is 0 Å². The SMILES string of the molecule is COCCN(Cc1ccccc1C#CCO)C1CC1. The molecule has 3 nitrogen and oxygen atoms in total. The molecule has 0 radical (unpaired) electrons. The summed E-state index contributed by atoms with van der Waals surface area (Å²) in [4.78, 5) is 2.46. The number of hydrogen-bond donors (Lipinski definition) is 1. The van der Waals surface area contributed by atoms with Crippen molar-refractivity contribution in [3.63, 3.8) is 0 Å². The minimum absolute atomic E-state index is 0.0929. The second-order valence-corrected chi connectivity index (χ2v) is 4.81. The first kappa shape index (κ1) is 14.1. The average molecular weight is 259 g/mol. The standard InChI is InChI=1S/C16H21NO2/c1-19-12-10-17(16-8-9-16)13-15-6-3-2-5-14(15)7-4-11-18/h2-3,5-6,16,18H,8-13H2,1H3. The maximum absolute atomic E-state index is 8.81. The van der Waals surface area contributed by atoms with Crippen molar-refractivity contribution in [1.82, 2.24) is 4.90 Å². The Bertz CT molecular complexity index is 457. The topological polar surface area (TPSA) is 32.7 Å². The third kappa shape index (κ3) is 4.36. The Hall–Kier alpha value is -1.34. The molecular weight excluding hydrogens is 238 g/mol. The smallest absolute Gasteiger partial charge is 0.104 e. The summed E-state index contributed by atoms with van der Waals surface area (Å²) in [5.41, 5.74) is 2.24. The quantitative estimate of drug-likeness (QED) is 0.788. The number of nitrogens with zero attached hydrogens (tertiary/aromatic N) is 1. The van der Waals surface area contributed by atoms with Gasteiger partial charge in [0.05, 0.1) is 6.61 Å². The molecule has 1 aliphatic carbocycles. The van der Waals surface area contributed by atoms with Crippen LogP contribution >= 0.6 is 0 Å². The maximum Gasteiger partial charge on any atom is 0.104 e. The Morgan fingerprint density at radius 2 is 2.16 bits per heavy atom. The molecule has 0 aromatic heterocycles. The highest BCUT2D eigenvalue weighted by Gasteiger charge is 2.28. The lowest BCUT2D eigenvalue weighted by Gasteiger charge is -2.22. The summed E-state index contributed by atoms with van der Waals surface area (Å²) in [7, 11) is 1.74. The number of rotatable bonds is 6. The number of aliphatic hydroxyl groups excluding tert-OH is 1. The third-order valence-electron chi connectivity index (χ3n) is 3.34. The fourth-order valence-corrected chi connectivity index (χ4v) is 2.17. The first-order valence-corrected chi connectivity index (χ1v) is 6.75. The highest BCUT2D eigenvalue weighted by molar-refractivity contribution is 5.41. The van der Waals surface area contributed by atoms with Crippen molar-refractivity contribution in [2.24, 2.45) is 0 Å². The van der Waals surface area contributed by atoms with E-state index in [0.717, 1.165) is 25.3 Å². The van der Waals surface area contributed by atoms with E-state index in [9.17, 15) is 0 Å². The van der Waals surface area contributed by atoms with Gasteiger partial charge in [-0.05, 0) is 24.5 Å². The average Bonchev–Trinajstić information content (AvgIpc) is 3.26. The van der Waals surface area contributed by atoms with Gasteiger partial charge in [0.2, 0.25) is 0 Å². The molecule has 1 aromatic carbocycles. The van der Waals surface area contributed by atoms with Gasteiger partial charge < -0.3 is 9.84 Å². The number of hydrogen-bond acceptors (Lipinski definition) is 3. The molecule has 0 saturated heterocycles. The molecule has 0 spiro atoms. The molecule has 0 atom stereocenters. The van der Waals surface area contributed by atoms with Crippen LogP contribution in [-0.2, 0) is 11.3 Å². The van der Waals surface area contributed by atoms with Crippen LogP contribution in [0.15, 0.2) is 24.3 Å². The van der Waals surface area contributed by atoms with E-state index >= 15 is 0 Å². The normalized spacial score (nSPS) is 14.3. The molecule has 102 valence electrons. The number of methoxy groups -OCH3 is 1. The molecule has 0 bridgehead atoms.